The summed E-state index contributed by atoms with van der Waals surface area (Å²) in [5.74, 6) is -0.664. The number of piperidine rings is 1. The largest absolute Gasteiger partial charge is 0.433 e. The topological polar surface area (TPSA) is 82.6 Å². The van der Waals surface area contributed by atoms with Gasteiger partial charge in [-0.2, -0.15) is 31.6 Å². The van der Waals surface area contributed by atoms with Crippen molar-refractivity contribution in [2.24, 2.45) is 5.73 Å². The van der Waals surface area contributed by atoms with Gasteiger partial charge in [0.1, 0.15) is 0 Å². The molecule has 3 rings (SSSR count). The summed E-state index contributed by atoms with van der Waals surface area (Å²) < 4.78 is 85.2. The molecule has 13 heteroatoms. The summed E-state index contributed by atoms with van der Waals surface area (Å²) in [6.07, 6.45) is -13.0. The van der Waals surface area contributed by atoms with Crippen molar-refractivity contribution in [3.05, 3.63) is 29.3 Å². The van der Waals surface area contributed by atoms with Crippen LogP contribution in [0, 0.1) is 11.3 Å². The van der Waals surface area contributed by atoms with Gasteiger partial charge in [0.2, 0.25) is 6.23 Å². The standard InChI is InChI=1S/C18H18F6N4O2.ClH/c19-17(20,21)13-7-12(2-1-10(13)8-25)28-9-14(30-16(28)18(22,23)24)15(29)27-5-3-11(26)4-6-27;/h1-2,7,11,14,16H,3-6,9,26H2;1H/t14-,16+;/m0./s1. The predicted molar refractivity (Wildman–Crippen MR) is 99.3 cm³/mol. The van der Waals surface area contributed by atoms with E-state index in [0.717, 1.165) is 12.1 Å². The molecular weight excluding hydrogens is 454 g/mol. The Bertz CT molecular complexity index is 849. The Labute approximate surface area is 179 Å². The fourth-order valence-corrected chi connectivity index (χ4v) is 3.54. The van der Waals surface area contributed by atoms with Crippen molar-refractivity contribution in [2.75, 3.05) is 24.5 Å². The third-order valence-electron chi connectivity index (χ3n) is 5.11. The van der Waals surface area contributed by atoms with Crippen molar-refractivity contribution in [2.45, 2.75) is 43.6 Å². The number of benzene rings is 1. The molecule has 0 saturated carbocycles. The first-order chi connectivity index (χ1) is 13.9. The second kappa shape index (κ2) is 9.10. The second-order valence-corrected chi connectivity index (χ2v) is 7.17. The molecular formula is C18H19ClF6N4O2. The molecule has 2 aliphatic rings. The average Bonchev–Trinajstić information content (AvgIpc) is 3.13. The Balaban J connectivity index is 0.00000341. The van der Waals surface area contributed by atoms with Crippen molar-refractivity contribution in [1.29, 1.82) is 5.26 Å². The molecule has 1 aromatic carbocycles. The van der Waals surface area contributed by atoms with Gasteiger partial charge in [0, 0.05) is 24.8 Å². The summed E-state index contributed by atoms with van der Waals surface area (Å²) in [4.78, 5) is 14.5. The minimum absolute atomic E-state index is 0. The summed E-state index contributed by atoms with van der Waals surface area (Å²) in [7, 11) is 0. The van der Waals surface area contributed by atoms with Gasteiger partial charge < -0.3 is 20.3 Å². The lowest BCUT2D eigenvalue weighted by Crippen LogP contribution is -2.47. The summed E-state index contributed by atoms with van der Waals surface area (Å²) in [6, 6.07) is 3.51. The molecule has 6 nitrogen and oxygen atoms in total. The maximum Gasteiger partial charge on any atom is 0.433 e. The number of amides is 1. The summed E-state index contributed by atoms with van der Waals surface area (Å²) in [6.45, 7) is -0.0357. The fraction of sp³-hybridized carbons (Fsp3) is 0.556. The monoisotopic (exact) mass is 472 g/mol. The molecule has 2 fully saturated rings. The lowest BCUT2D eigenvalue weighted by molar-refractivity contribution is -0.215. The van der Waals surface area contributed by atoms with Gasteiger partial charge in [0.25, 0.3) is 5.91 Å². The summed E-state index contributed by atoms with van der Waals surface area (Å²) in [5, 5.41) is 8.87. The Morgan fingerprint density at radius 3 is 2.29 bits per heavy atom. The molecule has 2 saturated heterocycles. The number of carbonyl (C=O) groups excluding carboxylic acids is 1. The van der Waals surface area contributed by atoms with Crippen LogP contribution in [0.1, 0.15) is 24.0 Å². The molecule has 0 aliphatic carbocycles. The molecule has 0 bridgehead atoms. The zero-order chi connectivity index (χ0) is 22.3. The quantitative estimate of drug-likeness (QED) is 0.669. The van der Waals surface area contributed by atoms with Crippen LogP contribution in [0.5, 0.6) is 0 Å². The first-order valence-corrected chi connectivity index (χ1v) is 9.06. The molecule has 0 aromatic heterocycles. The molecule has 0 radical (unpaired) electrons. The highest BCUT2D eigenvalue weighted by Gasteiger charge is 2.53. The number of halogens is 7. The Morgan fingerprint density at radius 1 is 1.16 bits per heavy atom. The van der Waals surface area contributed by atoms with Crippen LogP contribution in [0.2, 0.25) is 0 Å². The molecule has 1 aromatic rings. The smallest absolute Gasteiger partial charge is 0.340 e. The van der Waals surface area contributed by atoms with Gasteiger partial charge in [0.05, 0.1) is 23.7 Å². The third kappa shape index (κ3) is 5.34. The Morgan fingerprint density at radius 2 is 1.77 bits per heavy atom. The maximum absolute atomic E-state index is 13.5. The summed E-state index contributed by atoms with van der Waals surface area (Å²) in [5.41, 5.74) is 3.24. The lowest BCUT2D eigenvalue weighted by atomic mass is 10.1. The number of nitrogens with two attached hydrogens (primary N) is 1. The van der Waals surface area contributed by atoms with Crippen LogP contribution in [-0.2, 0) is 15.7 Å². The second-order valence-electron chi connectivity index (χ2n) is 7.17. The minimum Gasteiger partial charge on any atom is -0.340 e. The van der Waals surface area contributed by atoms with E-state index in [1.54, 1.807) is 0 Å². The summed E-state index contributed by atoms with van der Waals surface area (Å²) >= 11 is 0. The van der Waals surface area contributed by atoms with E-state index in [0.29, 0.717) is 23.8 Å². The zero-order valence-electron chi connectivity index (χ0n) is 15.9. The van der Waals surface area contributed by atoms with E-state index in [9.17, 15) is 31.1 Å². The highest BCUT2D eigenvalue weighted by atomic mass is 35.5. The normalized spacial score (nSPS) is 22.8. The van der Waals surface area contributed by atoms with E-state index in [1.165, 1.54) is 11.0 Å². The Kier molecular flexibility index (Phi) is 7.35. The minimum atomic E-state index is -4.95. The van der Waals surface area contributed by atoms with Gasteiger partial charge in [-0.3, -0.25) is 4.79 Å². The van der Waals surface area contributed by atoms with Crippen LogP contribution in [0.25, 0.3) is 0 Å². The van der Waals surface area contributed by atoms with Crippen LogP contribution in [0.4, 0.5) is 32.0 Å². The van der Waals surface area contributed by atoms with Crippen LogP contribution in [-0.4, -0.2) is 55.0 Å². The maximum atomic E-state index is 13.5. The van der Waals surface area contributed by atoms with Gasteiger partial charge in [0.15, 0.2) is 6.10 Å². The van der Waals surface area contributed by atoms with Crippen molar-refractivity contribution in [1.82, 2.24) is 4.90 Å². The van der Waals surface area contributed by atoms with Crippen LogP contribution < -0.4 is 10.6 Å². The van der Waals surface area contributed by atoms with Gasteiger partial charge in [-0.1, -0.05) is 0 Å². The van der Waals surface area contributed by atoms with Crippen molar-refractivity contribution < 1.29 is 35.9 Å². The fourth-order valence-electron chi connectivity index (χ4n) is 3.54. The number of anilines is 1. The number of nitriles is 1. The highest BCUT2D eigenvalue weighted by Crippen LogP contribution is 2.39. The van der Waals surface area contributed by atoms with Crippen molar-refractivity contribution >= 4 is 24.0 Å². The molecule has 2 heterocycles. The van der Waals surface area contributed by atoms with Gasteiger partial charge >= 0.3 is 12.4 Å². The van der Waals surface area contributed by atoms with Gasteiger partial charge in [-0.25, -0.2) is 0 Å². The molecule has 1 amide bonds. The van der Waals surface area contributed by atoms with E-state index in [4.69, 9.17) is 15.7 Å². The number of hydrogen-bond donors (Lipinski definition) is 1. The predicted octanol–water partition coefficient (Wildman–Crippen LogP) is 3.04. The first kappa shape index (κ1) is 25.0. The van der Waals surface area contributed by atoms with E-state index < -0.39 is 54.0 Å². The number of rotatable bonds is 2. The van der Waals surface area contributed by atoms with E-state index in [1.807, 2.05) is 0 Å². The SMILES string of the molecule is Cl.N#Cc1ccc(N2C[C@@H](C(=O)N3CCC(N)CC3)O[C@@H]2C(F)(F)F)cc1C(F)(F)F. The van der Waals surface area contributed by atoms with E-state index in [2.05, 4.69) is 0 Å². The first-order valence-electron chi connectivity index (χ1n) is 9.06. The number of alkyl halides is 6. The van der Waals surface area contributed by atoms with Gasteiger partial charge in [-0.05, 0) is 31.0 Å². The zero-order valence-corrected chi connectivity index (χ0v) is 16.7. The number of likely N-dealkylation sites (tertiary alicyclic amines) is 1. The molecule has 0 unspecified atom stereocenters. The van der Waals surface area contributed by atoms with Crippen LogP contribution >= 0.6 is 12.4 Å². The Hall–Kier alpha value is -2.23. The molecule has 0 spiro atoms. The number of ether oxygens (including phenoxy) is 1. The van der Waals surface area contributed by atoms with Crippen LogP contribution in [0.3, 0.4) is 0 Å². The van der Waals surface area contributed by atoms with Crippen LogP contribution in [0.15, 0.2) is 18.2 Å². The van der Waals surface area contributed by atoms with Crippen molar-refractivity contribution in [3.8, 4) is 6.07 Å². The van der Waals surface area contributed by atoms with E-state index >= 15 is 0 Å². The number of carbonyl (C=O) groups is 1. The highest BCUT2D eigenvalue weighted by molar-refractivity contribution is 5.85. The molecule has 2 atom stereocenters. The molecule has 172 valence electrons. The molecule has 31 heavy (non-hydrogen) atoms. The van der Waals surface area contributed by atoms with Gasteiger partial charge in [-0.15, -0.1) is 12.4 Å². The third-order valence-corrected chi connectivity index (χ3v) is 5.11. The van der Waals surface area contributed by atoms with E-state index in [-0.39, 0.29) is 31.5 Å². The average molecular weight is 473 g/mol. The number of hydrogen-bond acceptors (Lipinski definition) is 5. The number of nitrogens with zero attached hydrogens (tertiary/aromatic N) is 3. The molecule has 2 aliphatic heterocycles. The molecule has 2 N–H and O–H groups in total. The lowest BCUT2D eigenvalue weighted by Gasteiger charge is -2.31. The van der Waals surface area contributed by atoms with Crippen molar-refractivity contribution in [3.63, 3.8) is 0 Å².